The van der Waals surface area contributed by atoms with E-state index in [1.165, 1.54) is 4.68 Å². The Morgan fingerprint density at radius 1 is 1.10 bits per heavy atom. The molecule has 2 aliphatic carbocycles. The monoisotopic (exact) mass is 536 g/mol. The van der Waals surface area contributed by atoms with Crippen molar-refractivity contribution in [1.29, 1.82) is 5.26 Å². The van der Waals surface area contributed by atoms with Gasteiger partial charge in [0.25, 0.3) is 5.91 Å². The van der Waals surface area contributed by atoms with Crippen LogP contribution < -0.4 is 0 Å². The fraction of sp³-hybridized carbons (Fsp3) is 0.387. The lowest BCUT2D eigenvalue weighted by atomic mass is 9.91. The maximum absolute atomic E-state index is 14.1. The van der Waals surface area contributed by atoms with Crippen molar-refractivity contribution in [2.45, 2.75) is 77.1 Å². The fourth-order valence-corrected chi connectivity index (χ4v) is 5.59. The molecule has 2 aromatic carbocycles. The molecule has 1 fully saturated rings. The van der Waals surface area contributed by atoms with Crippen LogP contribution in [-0.4, -0.2) is 54.1 Å². The molecule has 6 rings (SSSR count). The van der Waals surface area contributed by atoms with E-state index in [0.717, 1.165) is 47.0 Å². The van der Waals surface area contributed by atoms with Crippen molar-refractivity contribution in [3.05, 3.63) is 82.8 Å². The number of hydrogen-bond acceptors (Lipinski definition) is 6. The normalized spacial score (nSPS) is 16.8. The van der Waals surface area contributed by atoms with Gasteiger partial charge in [0.15, 0.2) is 0 Å². The van der Waals surface area contributed by atoms with Crippen LogP contribution in [0.5, 0.6) is 0 Å². The Kier molecular flexibility index (Phi) is 6.41. The minimum atomic E-state index is -0.602. The smallest absolute Gasteiger partial charge is 0.435 e. The third-order valence-corrected chi connectivity index (χ3v) is 7.57. The van der Waals surface area contributed by atoms with Gasteiger partial charge in [0.05, 0.1) is 41.1 Å². The largest absolute Gasteiger partial charge is 0.442 e. The van der Waals surface area contributed by atoms with Crippen LogP contribution in [0.4, 0.5) is 4.79 Å². The minimum absolute atomic E-state index is 0.0121. The van der Waals surface area contributed by atoms with Gasteiger partial charge in [0, 0.05) is 23.7 Å². The lowest BCUT2D eigenvalue weighted by molar-refractivity contribution is 0.0513. The van der Waals surface area contributed by atoms with Crippen LogP contribution in [0, 0.1) is 11.3 Å². The van der Waals surface area contributed by atoms with E-state index in [4.69, 9.17) is 4.74 Å². The molecule has 0 radical (unpaired) electrons. The van der Waals surface area contributed by atoms with E-state index in [2.05, 4.69) is 21.2 Å². The van der Waals surface area contributed by atoms with E-state index in [9.17, 15) is 14.9 Å². The number of amides is 1. The third kappa shape index (κ3) is 4.97. The zero-order chi connectivity index (χ0) is 28.0. The standard InChI is InChI=1S/C31H32N6O3/c1-31(2,3)40-30(39)36-19-22-15-24(13-14-27(22)34-36)37(23-11-12-23)29(38)25-9-6-10-28-26(25)17-33-35(28)18-21-8-5-4-7-20(21)16-32/h4-10,17,19,23-24H,11-15,18H2,1-3H3. The molecule has 9 heteroatoms. The second-order valence-electron chi connectivity index (χ2n) is 11.7. The van der Waals surface area contributed by atoms with Crippen molar-refractivity contribution >= 4 is 22.9 Å². The van der Waals surface area contributed by atoms with Crippen molar-refractivity contribution in [2.24, 2.45) is 0 Å². The number of nitriles is 1. The Morgan fingerprint density at radius 3 is 2.65 bits per heavy atom. The predicted molar refractivity (Wildman–Crippen MR) is 149 cm³/mol. The number of fused-ring (bicyclic) bond motifs is 2. The van der Waals surface area contributed by atoms with Crippen molar-refractivity contribution < 1.29 is 14.3 Å². The van der Waals surface area contributed by atoms with E-state index in [0.29, 0.717) is 30.5 Å². The average molecular weight is 537 g/mol. The summed E-state index contributed by atoms with van der Waals surface area (Å²) in [5, 5.41) is 19.4. The summed E-state index contributed by atoms with van der Waals surface area (Å²) in [5.41, 5.74) is 4.28. The molecule has 1 saturated carbocycles. The van der Waals surface area contributed by atoms with Crippen LogP contribution in [0.3, 0.4) is 0 Å². The quantitative estimate of drug-likeness (QED) is 0.351. The van der Waals surface area contributed by atoms with Gasteiger partial charge in [0.1, 0.15) is 5.60 Å². The van der Waals surface area contributed by atoms with Crippen LogP contribution in [-0.2, 0) is 24.1 Å². The summed E-state index contributed by atoms with van der Waals surface area (Å²) in [6.45, 7) is 5.95. The van der Waals surface area contributed by atoms with Gasteiger partial charge in [-0.1, -0.05) is 24.3 Å². The molecule has 2 heterocycles. The topological polar surface area (TPSA) is 106 Å². The summed E-state index contributed by atoms with van der Waals surface area (Å²) in [5.74, 6) is 0.0121. The molecule has 1 unspecified atom stereocenters. The van der Waals surface area contributed by atoms with Gasteiger partial charge in [-0.25, -0.2) is 4.79 Å². The first-order valence-corrected chi connectivity index (χ1v) is 13.8. The lowest BCUT2D eigenvalue weighted by Crippen LogP contribution is -2.44. The van der Waals surface area contributed by atoms with Gasteiger partial charge < -0.3 is 9.64 Å². The predicted octanol–water partition coefficient (Wildman–Crippen LogP) is 5.10. The van der Waals surface area contributed by atoms with Crippen LogP contribution >= 0.6 is 0 Å². The van der Waals surface area contributed by atoms with Crippen LogP contribution in [0.15, 0.2) is 54.9 Å². The highest BCUT2D eigenvalue weighted by Crippen LogP contribution is 2.36. The number of nitrogens with zero attached hydrogens (tertiary/aromatic N) is 6. The summed E-state index contributed by atoms with van der Waals surface area (Å²) < 4.78 is 8.63. The van der Waals surface area contributed by atoms with Gasteiger partial charge in [-0.3, -0.25) is 9.48 Å². The number of ether oxygens (including phenoxy) is 1. The number of rotatable bonds is 5. The molecule has 0 saturated heterocycles. The van der Waals surface area contributed by atoms with Crippen molar-refractivity contribution in [1.82, 2.24) is 24.5 Å². The van der Waals surface area contributed by atoms with Gasteiger partial charge in [0.2, 0.25) is 0 Å². The van der Waals surface area contributed by atoms with E-state index in [1.54, 1.807) is 18.5 Å². The van der Waals surface area contributed by atoms with E-state index in [-0.39, 0.29) is 18.0 Å². The second kappa shape index (κ2) is 9.94. The molecule has 1 atom stereocenters. The molecule has 4 aromatic rings. The molecular weight excluding hydrogens is 504 g/mol. The van der Waals surface area contributed by atoms with E-state index < -0.39 is 11.7 Å². The fourth-order valence-electron chi connectivity index (χ4n) is 5.59. The lowest BCUT2D eigenvalue weighted by Gasteiger charge is -2.34. The Morgan fingerprint density at radius 2 is 1.90 bits per heavy atom. The molecule has 0 aliphatic heterocycles. The summed E-state index contributed by atoms with van der Waals surface area (Å²) in [4.78, 5) is 28.8. The zero-order valence-corrected chi connectivity index (χ0v) is 23.0. The molecule has 40 heavy (non-hydrogen) atoms. The molecule has 1 amide bonds. The first-order chi connectivity index (χ1) is 19.2. The first kappa shape index (κ1) is 25.8. The van der Waals surface area contributed by atoms with Crippen molar-refractivity contribution in [3.8, 4) is 6.07 Å². The van der Waals surface area contributed by atoms with Gasteiger partial charge >= 0.3 is 6.09 Å². The molecule has 0 bridgehead atoms. The highest BCUT2D eigenvalue weighted by Gasteiger charge is 2.40. The molecule has 2 aliphatic rings. The highest BCUT2D eigenvalue weighted by atomic mass is 16.6. The Hall–Kier alpha value is -4.45. The molecule has 0 spiro atoms. The third-order valence-electron chi connectivity index (χ3n) is 7.57. The summed E-state index contributed by atoms with van der Waals surface area (Å²) in [6, 6.07) is 15.7. The summed E-state index contributed by atoms with van der Waals surface area (Å²) in [6.07, 6.45) is 7.16. The van der Waals surface area contributed by atoms with Crippen molar-refractivity contribution in [2.75, 3.05) is 0 Å². The summed E-state index contributed by atoms with van der Waals surface area (Å²) in [7, 11) is 0. The SMILES string of the molecule is CC(C)(C)OC(=O)n1cc2c(n1)CCC(N(C(=O)c1cccc3c1cnn3Cc1ccccc1C#N)C1CC1)C2. The molecule has 204 valence electrons. The molecule has 9 nitrogen and oxygen atoms in total. The van der Waals surface area contributed by atoms with Crippen LogP contribution in [0.25, 0.3) is 10.9 Å². The van der Waals surface area contributed by atoms with Gasteiger partial charge in [-0.15, -0.1) is 0 Å². The Bertz CT molecular complexity index is 1650. The van der Waals surface area contributed by atoms with Crippen LogP contribution in [0.2, 0.25) is 0 Å². The van der Waals surface area contributed by atoms with Gasteiger partial charge in [-0.05, 0) is 82.2 Å². The van der Waals surface area contributed by atoms with Crippen LogP contribution in [0.1, 0.15) is 72.8 Å². The summed E-state index contributed by atoms with van der Waals surface area (Å²) >= 11 is 0. The average Bonchev–Trinajstić information content (AvgIpc) is 3.52. The van der Waals surface area contributed by atoms with Crippen molar-refractivity contribution in [3.63, 3.8) is 0 Å². The number of carbonyl (C=O) groups excluding carboxylic acids is 2. The zero-order valence-electron chi connectivity index (χ0n) is 23.0. The van der Waals surface area contributed by atoms with Gasteiger partial charge in [-0.2, -0.15) is 20.1 Å². The number of benzene rings is 2. The first-order valence-electron chi connectivity index (χ1n) is 13.8. The highest BCUT2D eigenvalue weighted by molar-refractivity contribution is 6.06. The Labute approximate surface area is 232 Å². The molecule has 2 aromatic heterocycles. The second-order valence-corrected chi connectivity index (χ2v) is 11.7. The number of hydrogen-bond donors (Lipinski definition) is 0. The molecule has 0 N–H and O–H groups in total. The number of aromatic nitrogens is 4. The maximum Gasteiger partial charge on any atom is 0.435 e. The van der Waals surface area contributed by atoms with E-state index in [1.807, 2.05) is 61.9 Å². The number of aryl methyl sites for hydroxylation is 1. The minimum Gasteiger partial charge on any atom is -0.442 e. The molecular formula is C31H32N6O3. The van der Waals surface area contributed by atoms with E-state index >= 15 is 0 Å². The number of carbonyl (C=O) groups is 2. The Balaban J connectivity index is 1.26. The maximum atomic E-state index is 14.1.